The maximum Gasteiger partial charge on any atom is 0.268 e. The van der Waals surface area contributed by atoms with Crippen LogP contribution >= 0.6 is 0 Å². The molecule has 3 rings (SSSR count). The maximum atomic E-state index is 13.0. The average molecular weight is 410 g/mol. The van der Waals surface area contributed by atoms with Crippen molar-refractivity contribution in [3.8, 4) is 0 Å². The molecule has 1 heterocycles. The first kappa shape index (κ1) is 21.8. The fourth-order valence-electron chi connectivity index (χ4n) is 4.12. The van der Waals surface area contributed by atoms with Crippen molar-refractivity contribution in [3.63, 3.8) is 0 Å². The number of hydrogen-bond acceptors (Lipinski definition) is 3. The summed E-state index contributed by atoms with van der Waals surface area (Å²) >= 11 is 0. The molecule has 0 radical (unpaired) electrons. The van der Waals surface area contributed by atoms with E-state index >= 15 is 0 Å². The quantitative estimate of drug-likeness (QED) is 0.633. The molecule has 6 nitrogen and oxygen atoms in total. The van der Waals surface area contributed by atoms with Gasteiger partial charge in [0, 0.05) is 23.4 Å². The Bertz CT molecular complexity index is 944. The monoisotopic (exact) mass is 409 g/mol. The van der Waals surface area contributed by atoms with E-state index in [1.165, 1.54) is 0 Å². The van der Waals surface area contributed by atoms with Gasteiger partial charge in [-0.1, -0.05) is 51.8 Å². The van der Waals surface area contributed by atoms with Crippen LogP contribution in [0.3, 0.4) is 0 Å². The highest BCUT2D eigenvalue weighted by molar-refractivity contribution is 6.06. The molecule has 0 aliphatic heterocycles. The predicted molar refractivity (Wildman–Crippen MR) is 118 cm³/mol. The van der Waals surface area contributed by atoms with Crippen molar-refractivity contribution in [2.45, 2.75) is 65.8 Å². The molecule has 1 aliphatic carbocycles. The van der Waals surface area contributed by atoms with Crippen LogP contribution in [-0.2, 0) is 11.2 Å². The van der Waals surface area contributed by atoms with Gasteiger partial charge in [-0.05, 0) is 42.9 Å². The number of carbonyl (C=O) groups is 3. The first-order valence-electron chi connectivity index (χ1n) is 10.6. The van der Waals surface area contributed by atoms with E-state index in [0.717, 1.165) is 25.0 Å². The molecule has 0 bridgehead atoms. The maximum absolute atomic E-state index is 13.0. The lowest BCUT2D eigenvalue weighted by Crippen LogP contribution is -2.44. The van der Waals surface area contributed by atoms with Gasteiger partial charge in [-0.2, -0.15) is 0 Å². The van der Waals surface area contributed by atoms with Crippen molar-refractivity contribution >= 4 is 23.3 Å². The Hall–Kier alpha value is -2.89. The molecular weight excluding hydrogens is 378 g/mol. The van der Waals surface area contributed by atoms with Crippen LogP contribution in [0, 0.1) is 12.3 Å². The Labute approximate surface area is 177 Å². The first-order valence-corrected chi connectivity index (χ1v) is 10.6. The van der Waals surface area contributed by atoms with Crippen LogP contribution in [0.15, 0.2) is 30.3 Å². The summed E-state index contributed by atoms with van der Waals surface area (Å²) in [4.78, 5) is 41.7. The number of fused-ring (bicyclic) bond motifs is 1. The van der Waals surface area contributed by atoms with Gasteiger partial charge < -0.3 is 15.6 Å². The molecule has 2 amide bonds. The number of aromatic amines is 1. The highest BCUT2D eigenvalue weighted by atomic mass is 16.2. The fraction of sp³-hybridized carbons (Fsp3) is 0.458. The van der Waals surface area contributed by atoms with E-state index in [1.807, 2.05) is 37.3 Å². The number of amides is 2. The third-order valence-corrected chi connectivity index (χ3v) is 5.64. The first-order chi connectivity index (χ1) is 14.2. The largest absolute Gasteiger partial charge is 0.354 e. The van der Waals surface area contributed by atoms with Gasteiger partial charge in [-0.15, -0.1) is 0 Å². The Morgan fingerprint density at radius 3 is 2.53 bits per heavy atom. The number of carbonyl (C=O) groups excluding carboxylic acids is 3. The molecule has 0 unspecified atom stereocenters. The molecule has 0 spiro atoms. The normalized spacial score (nSPS) is 15.9. The van der Waals surface area contributed by atoms with Crippen molar-refractivity contribution in [1.82, 2.24) is 10.3 Å². The molecule has 0 saturated heterocycles. The molecule has 1 atom stereocenters. The van der Waals surface area contributed by atoms with Crippen molar-refractivity contribution in [3.05, 3.63) is 52.8 Å². The number of H-pyrrole nitrogens is 1. The Morgan fingerprint density at radius 2 is 1.87 bits per heavy atom. The number of Topliss-reactive ketones (excluding diaryl/α,β-unsaturated/α-hetero) is 1. The second-order valence-electron chi connectivity index (χ2n) is 8.94. The molecule has 3 N–H and O–H groups in total. The summed E-state index contributed by atoms with van der Waals surface area (Å²) in [5, 5.41) is 5.75. The van der Waals surface area contributed by atoms with E-state index in [9.17, 15) is 14.4 Å². The Kier molecular flexibility index (Phi) is 6.44. The standard InChI is InChI=1S/C24H31N3O3/c1-5-6-12-17(22(29)25-16-10-8-7-9-11-16)27-23(30)21-15(2)20-18(26-21)13-24(3,4)14-19(20)28/h7-11,17,26H,5-6,12-14H2,1-4H3,(H,25,29)(H,27,30)/t17-/m0/s1. The molecular formula is C24H31N3O3. The fourth-order valence-corrected chi connectivity index (χ4v) is 4.12. The highest BCUT2D eigenvalue weighted by Crippen LogP contribution is 2.36. The van der Waals surface area contributed by atoms with Crippen LogP contribution in [-0.4, -0.2) is 28.6 Å². The number of aromatic nitrogens is 1. The topological polar surface area (TPSA) is 91.1 Å². The molecule has 160 valence electrons. The van der Waals surface area contributed by atoms with Crippen LogP contribution < -0.4 is 10.6 Å². The minimum atomic E-state index is -0.649. The smallest absolute Gasteiger partial charge is 0.268 e. The second-order valence-corrected chi connectivity index (χ2v) is 8.94. The van der Waals surface area contributed by atoms with E-state index in [-0.39, 0.29) is 23.0 Å². The number of nitrogens with one attached hydrogen (secondary N) is 3. The number of unbranched alkanes of at least 4 members (excludes halogenated alkanes) is 1. The molecule has 0 saturated carbocycles. The predicted octanol–water partition coefficient (Wildman–Crippen LogP) is 4.41. The molecule has 2 aromatic rings. The average Bonchev–Trinajstić information content (AvgIpc) is 3.01. The molecule has 6 heteroatoms. The van der Waals surface area contributed by atoms with Gasteiger partial charge in [0.15, 0.2) is 5.78 Å². The van der Waals surface area contributed by atoms with Gasteiger partial charge in [0.2, 0.25) is 5.91 Å². The van der Waals surface area contributed by atoms with E-state index in [0.29, 0.717) is 35.3 Å². The Morgan fingerprint density at radius 1 is 1.17 bits per heavy atom. The van der Waals surface area contributed by atoms with Gasteiger partial charge in [-0.25, -0.2) is 0 Å². The van der Waals surface area contributed by atoms with Crippen LogP contribution in [0.1, 0.15) is 78.6 Å². The zero-order valence-electron chi connectivity index (χ0n) is 18.2. The molecule has 1 aromatic carbocycles. The lowest BCUT2D eigenvalue weighted by atomic mass is 9.75. The van der Waals surface area contributed by atoms with Crippen molar-refractivity contribution in [2.24, 2.45) is 5.41 Å². The third-order valence-electron chi connectivity index (χ3n) is 5.64. The summed E-state index contributed by atoms with van der Waals surface area (Å²) in [6.07, 6.45) is 3.48. The van der Waals surface area contributed by atoms with Crippen LogP contribution in [0.2, 0.25) is 0 Å². The van der Waals surface area contributed by atoms with Gasteiger partial charge in [0.05, 0.1) is 0 Å². The lowest BCUT2D eigenvalue weighted by molar-refractivity contribution is -0.118. The SMILES string of the molecule is CCCC[C@H](NC(=O)c1[nH]c2c(c1C)C(=O)CC(C)(C)C2)C(=O)Nc1ccccc1. The zero-order chi connectivity index (χ0) is 21.9. The van der Waals surface area contributed by atoms with Gasteiger partial charge in [-0.3, -0.25) is 14.4 Å². The molecule has 0 fully saturated rings. The Balaban J connectivity index is 1.79. The second kappa shape index (κ2) is 8.86. The van der Waals surface area contributed by atoms with Gasteiger partial charge >= 0.3 is 0 Å². The van der Waals surface area contributed by atoms with E-state index in [2.05, 4.69) is 29.5 Å². The van der Waals surface area contributed by atoms with Crippen molar-refractivity contribution in [1.29, 1.82) is 0 Å². The number of benzene rings is 1. The molecule has 1 aliphatic rings. The summed E-state index contributed by atoms with van der Waals surface area (Å²) < 4.78 is 0. The summed E-state index contributed by atoms with van der Waals surface area (Å²) in [5.74, 6) is -0.524. The van der Waals surface area contributed by atoms with Gasteiger partial charge in [0.1, 0.15) is 11.7 Å². The summed E-state index contributed by atoms with van der Waals surface area (Å²) in [7, 11) is 0. The highest BCUT2D eigenvalue weighted by Gasteiger charge is 2.35. The lowest BCUT2D eigenvalue weighted by Gasteiger charge is -2.28. The number of ketones is 1. The minimum Gasteiger partial charge on any atom is -0.354 e. The molecule has 1 aromatic heterocycles. The number of anilines is 1. The van der Waals surface area contributed by atoms with Crippen molar-refractivity contribution in [2.75, 3.05) is 5.32 Å². The summed E-state index contributed by atoms with van der Waals surface area (Å²) in [5.41, 5.74) is 3.06. The number of para-hydroxylation sites is 1. The molecule has 30 heavy (non-hydrogen) atoms. The zero-order valence-corrected chi connectivity index (χ0v) is 18.2. The van der Waals surface area contributed by atoms with Crippen LogP contribution in [0.4, 0.5) is 5.69 Å². The number of hydrogen-bond donors (Lipinski definition) is 3. The van der Waals surface area contributed by atoms with Gasteiger partial charge in [0.25, 0.3) is 5.91 Å². The summed E-state index contributed by atoms with van der Waals surface area (Å²) in [6, 6.07) is 8.55. The third kappa shape index (κ3) is 4.81. The minimum absolute atomic E-state index is 0.0680. The van der Waals surface area contributed by atoms with E-state index in [1.54, 1.807) is 6.92 Å². The summed E-state index contributed by atoms with van der Waals surface area (Å²) in [6.45, 7) is 7.95. The van der Waals surface area contributed by atoms with E-state index < -0.39 is 6.04 Å². The van der Waals surface area contributed by atoms with Crippen molar-refractivity contribution < 1.29 is 14.4 Å². The van der Waals surface area contributed by atoms with E-state index in [4.69, 9.17) is 0 Å². The van der Waals surface area contributed by atoms with Crippen LogP contribution in [0.25, 0.3) is 0 Å². The van der Waals surface area contributed by atoms with Crippen LogP contribution in [0.5, 0.6) is 0 Å². The number of rotatable bonds is 7.